The number of anilines is 1. The van der Waals surface area contributed by atoms with Gasteiger partial charge in [0, 0.05) is 41.9 Å². The number of carbonyl (C=O) groups excluding carboxylic acids is 1. The highest BCUT2D eigenvalue weighted by Gasteiger charge is 2.19. The van der Waals surface area contributed by atoms with Crippen LogP contribution in [-0.4, -0.2) is 20.7 Å². The van der Waals surface area contributed by atoms with Gasteiger partial charge in [0.05, 0.1) is 12.1 Å². The summed E-state index contributed by atoms with van der Waals surface area (Å²) in [4.78, 5) is 15.4. The lowest BCUT2D eigenvalue weighted by Crippen LogP contribution is -2.14. The smallest absolute Gasteiger partial charge is 0.225 e. The van der Waals surface area contributed by atoms with Crippen LogP contribution in [0, 0.1) is 23.3 Å². The number of halogens is 4. The van der Waals surface area contributed by atoms with E-state index in [0.29, 0.717) is 6.42 Å². The van der Waals surface area contributed by atoms with Gasteiger partial charge in [0.15, 0.2) is 29.1 Å². The monoisotopic (exact) mass is 416 g/mol. The van der Waals surface area contributed by atoms with Crippen molar-refractivity contribution < 1.29 is 22.4 Å². The van der Waals surface area contributed by atoms with Gasteiger partial charge >= 0.3 is 0 Å². The van der Waals surface area contributed by atoms with E-state index in [1.54, 1.807) is 0 Å². The van der Waals surface area contributed by atoms with Gasteiger partial charge in [0.2, 0.25) is 5.91 Å². The molecular weight excluding hydrogens is 400 g/mol. The zero-order valence-electron chi connectivity index (χ0n) is 15.6. The van der Waals surface area contributed by atoms with Gasteiger partial charge in [-0.25, -0.2) is 17.6 Å². The van der Waals surface area contributed by atoms with Crippen LogP contribution in [0.4, 0.5) is 23.4 Å². The summed E-state index contributed by atoms with van der Waals surface area (Å²) in [5, 5.41) is 7.62. The molecule has 0 bridgehead atoms. The highest BCUT2D eigenvalue weighted by Crippen LogP contribution is 2.21. The molecule has 0 atom stereocenters. The van der Waals surface area contributed by atoms with E-state index in [1.807, 2.05) is 30.5 Å². The molecule has 0 unspecified atom stereocenters. The Labute approximate surface area is 168 Å². The van der Waals surface area contributed by atoms with Gasteiger partial charge < -0.3 is 10.3 Å². The largest absolute Gasteiger partial charge is 0.361 e. The number of nitrogens with zero attached hydrogens (tertiary/aromatic N) is 2. The van der Waals surface area contributed by atoms with E-state index in [0.717, 1.165) is 21.1 Å². The highest BCUT2D eigenvalue weighted by atomic mass is 19.2. The number of hydrogen-bond donors (Lipinski definition) is 2. The zero-order valence-corrected chi connectivity index (χ0v) is 15.6. The fourth-order valence-corrected chi connectivity index (χ4v) is 3.23. The lowest BCUT2D eigenvalue weighted by molar-refractivity contribution is -0.116. The lowest BCUT2D eigenvalue weighted by Gasteiger charge is -2.07. The topological polar surface area (TPSA) is 62.7 Å². The number of rotatable bonds is 6. The molecule has 4 aromatic rings. The van der Waals surface area contributed by atoms with Crippen molar-refractivity contribution in [1.82, 2.24) is 14.8 Å². The summed E-state index contributed by atoms with van der Waals surface area (Å²) in [6, 6.07) is 9.33. The van der Waals surface area contributed by atoms with Crippen molar-refractivity contribution in [2.24, 2.45) is 0 Å². The molecule has 0 aliphatic carbocycles. The molecule has 2 N–H and O–H groups in total. The number of carbonyl (C=O) groups is 1. The molecule has 2 aromatic carbocycles. The molecule has 0 radical (unpaired) electrons. The van der Waals surface area contributed by atoms with Gasteiger partial charge in [-0.2, -0.15) is 5.10 Å². The second kappa shape index (κ2) is 8.02. The minimum Gasteiger partial charge on any atom is -0.361 e. The van der Waals surface area contributed by atoms with E-state index in [2.05, 4.69) is 15.4 Å². The van der Waals surface area contributed by atoms with Crippen LogP contribution >= 0.6 is 0 Å². The minimum atomic E-state index is -1.48. The van der Waals surface area contributed by atoms with E-state index < -0.39 is 35.4 Å². The normalized spacial score (nSPS) is 11.2. The van der Waals surface area contributed by atoms with Crippen molar-refractivity contribution in [1.29, 1.82) is 0 Å². The molecule has 30 heavy (non-hydrogen) atoms. The Hall–Kier alpha value is -3.62. The van der Waals surface area contributed by atoms with Gasteiger partial charge in [0.1, 0.15) is 0 Å². The zero-order chi connectivity index (χ0) is 21.3. The number of nitrogens with one attached hydrogen (secondary N) is 2. The number of H-pyrrole nitrogens is 1. The molecule has 0 aliphatic heterocycles. The number of aromatic nitrogens is 3. The van der Waals surface area contributed by atoms with Crippen LogP contribution in [0.25, 0.3) is 10.9 Å². The predicted octanol–water partition coefficient (Wildman–Crippen LogP) is 4.54. The molecule has 0 aliphatic rings. The molecule has 2 heterocycles. The summed E-state index contributed by atoms with van der Waals surface area (Å²) >= 11 is 0. The molecular formula is C21H16F4N4O. The summed E-state index contributed by atoms with van der Waals surface area (Å²) in [5.74, 6) is -6.05. The number of benzene rings is 2. The Balaban J connectivity index is 1.39. The minimum absolute atomic E-state index is 0.149. The summed E-state index contributed by atoms with van der Waals surface area (Å²) in [7, 11) is 0. The SMILES string of the molecule is O=C(CCc1c[nH]c2ccccc12)Nc1ccn(Cc2c(F)c(F)cc(F)c2F)n1. The quantitative estimate of drug-likeness (QED) is 0.358. The molecule has 2 aromatic heterocycles. The second-order valence-corrected chi connectivity index (χ2v) is 6.75. The summed E-state index contributed by atoms with van der Waals surface area (Å²) < 4.78 is 55.3. The third-order valence-corrected chi connectivity index (χ3v) is 4.73. The Kier molecular flexibility index (Phi) is 5.26. The third-order valence-electron chi connectivity index (χ3n) is 4.73. The van der Waals surface area contributed by atoms with Crippen molar-refractivity contribution >= 4 is 22.6 Å². The fourth-order valence-electron chi connectivity index (χ4n) is 3.23. The molecule has 5 nitrogen and oxygen atoms in total. The van der Waals surface area contributed by atoms with E-state index >= 15 is 0 Å². The fraction of sp³-hybridized carbons (Fsp3) is 0.143. The molecule has 0 saturated heterocycles. The standard InChI is InChI=1S/C21H16F4N4O/c22-15-9-16(23)21(25)14(20(15)24)11-29-8-7-18(28-29)27-19(30)6-5-12-10-26-17-4-2-1-3-13(12)17/h1-4,7-10,26H,5-6,11H2,(H,27,28,30). The average molecular weight is 416 g/mol. The predicted molar refractivity (Wildman–Crippen MR) is 103 cm³/mol. The number of fused-ring (bicyclic) bond motifs is 1. The van der Waals surface area contributed by atoms with E-state index in [9.17, 15) is 22.4 Å². The van der Waals surface area contributed by atoms with E-state index in [4.69, 9.17) is 0 Å². The highest BCUT2D eigenvalue weighted by molar-refractivity contribution is 5.90. The third kappa shape index (κ3) is 3.91. The van der Waals surface area contributed by atoms with Crippen LogP contribution in [0.15, 0.2) is 48.8 Å². The Morgan fingerprint density at radius 3 is 2.57 bits per heavy atom. The van der Waals surface area contributed by atoms with Crippen LogP contribution in [0.5, 0.6) is 0 Å². The molecule has 4 rings (SSSR count). The van der Waals surface area contributed by atoms with Crippen LogP contribution in [0.2, 0.25) is 0 Å². The number of hydrogen-bond acceptors (Lipinski definition) is 2. The second-order valence-electron chi connectivity index (χ2n) is 6.75. The van der Waals surface area contributed by atoms with Crippen LogP contribution in [0.3, 0.4) is 0 Å². The summed E-state index contributed by atoms with van der Waals surface area (Å²) in [5.41, 5.74) is 1.21. The molecule has 1 amide bonds. The van der Waals surface area contributed by atoms with Crippen LogP contribution in [0.1, 0.15) is 17.5 Å². The van der Waals surface area contributed by atoms with Crippen molar-refractivity contribution in [2.45, 2.75) is 19.4 Å². The lowest BCUT2D eigenvalue weighted by atomic mass is 10.1. The summed E-state index contributed by atoms with van der Waals surface area (Å²) in [6.45, 7) is -0.530. The maximum Gasteiger partial charge on any atom is 0.225 e. The average Bonchev–Trinajstić information content (AvgIpc) is 3.35. The first-order valence-electron chi connectivity index (χ1n) is 9.12. The Morgan fingerprint density at radius 1 is 1.07 bits per heavy atom. The Bertz CT molecular complexity index is 1200. The van der Waals surface area contributed by atoms with Crippen molar-refractivity contribution in [2.75, 3.05) is 5.32 Å². The van der Waals surface area contributed by atoms with Gasteiger partial charge in [0.25, 0.3) is 0 Å². The summed E-state index contributed by atoms with van der Waals surface area (Å²) in [6.07, 6.45) is 3.91. The first kappa shape index (κ1) is 19.7. The van der Waals surface area contributed by atoms with Crippen LogP contribution < -0.4 is 5.32 Å². The molecule has 0 spiro atoms. The van der Waals surface area contributed by atoms with Crippen molar-refractivity contribution in [3.05, 3.63) is 83.2 Å². The molecule has 0 saturated carbocycles. The van der Waals surface area contributed by atoms with E-state index in [-0.39, 0.29) is 24.2 Å². The van der Waals surface area contributed by atoms with Gasteiger partial charge in [-0.15, -0.1) is 0 Å². The first-order chi connectivity index (χ1) is 14.4. The number of amides is 1. The van der Waals surface area contributed by atoms with Gasteiger partial charge in [-0.3, -0.25) is 9.48 Å². The molecule has 9 heteroatoms. The first-order valence-corrected chi connectivity index (χ1v) is 9.12. The maximum atomic E-state index is 13.8. The van der Waals surface area contributed by atoms with Crippen molar-refractivity contribution in [3.63, 3.8) is 0 Å². The van der Waals surface area contributed by atoms with E-state index in [1.165, 1.54) is 12.3 Å². The molecule has 0 fully saturated rings. The maximum absolute atomic E-state index is 13.8. The molecule has 154 valence electrons. The number of aryl methyl sites for hydroxylation is 1. The van der Waals surface area contributed by atoms with Crippen molar-refractivity contribution in [3.8, 4) is 0 Å². The van der Waals surface area contributed by atoms with Crippen LogP contribution in [-0.2, 0) is 17.8 Å². The van der Waals surface area contributed by atoms with Gasteiger partial charge in [-0.05, 0) is 18.1 Å². The number of para-hydroxylation sites is 1. The van der Waals surface area contributed by atoms with Gasteiger partial charge in [-0.1, -0.05) is 18.2 Å². The Morgan fingerprint density at radius 2 is 1.80 bits per heavy atom. The number of aromatic amines is 1.